The van der Waals surface area contributed by atoms with Crippen molar-refractivity contribution in [3.8, 4) is 0 Å². The second-order valence-electron chi connectivity index (χ2n) is 3.92. The maximum atomic E-state index is 11.7. The van der Waals surface area contributed by atoms with Crippen LogP contribution in [0.15, 0.2) is 24.4 Å². The molecule has 0 aliphatic rings. The molecule has 1 unspecified atom stereocenters. The fourth-order valence-electron chi connectivity index (χ4n) is 1.40. The van der Waals surface area contributed by atoms with Crippen molar-refractivity contribution < 1.29 is 13.5 Å². The molecule has 0 aromatic carbocycles. The van der Waals surface area contributed by atoms with Gasteiger partial charge in [-0.3, -0.25) is 4.98 Å². The summed E-state index contributed by atoms with van der Waals surface area (Å²) < 4.78 is 25.8. The highest BCUT2D eigenvalue weighted by atomic mass is 32.2. The molecule has 1 heterocycles. The molecule has 0 saturated carbocycles. The highest BCUT2D eigenvalue weighted by molar-refractivity contribution is 7.89. The summed E-state index contributed by atoms with van der Waals surface area (Å²) in [4.78, 5) is 4.07. The maximum absolute atomic E-state index is 11.7. The summed E-state index contributed by atoms with van der Waals surface area (Å²) in [7, 11) is -3.30. The van der Waals surface area contributed by atoms with Gasteiger partial charge in [-0.05, 0) is 25.5 Å². The predicted molar refractivity (Wildman–Crippen MR) is 66.0 cm³/mol. The number of aliphatic hydroxyl groups is 1. The van der Waals surface area contributed by atoms with Gasteiger partial charge in [0.15, 0.2) is 0 Å². The fourth-order valence-corrected chi connectivity index (χ4v) is 2.73. The molecule has 2 N–H and O–H groups in total. The van der Waals surface area contributed by atoms with E-state index in [2.05, 4.69) is 9.71 Å². The van der Waals surface area contributed by atoms with Gasteiger partial charge < -0.3 is 5.11 Å². The average molecular weight is 258 g/mol. The van der Waals surface area contributed by atoms with E-state index in [-0.39, 0.29) is 18.4 Å². The van der Waals surface area contributed by atoms with E-state index in [0.29, 0.717) is 12.8 Å². The Kier molecular flexibility index (Phi) is 5.54. The quantitative estimate of drug-likeness (QED) is 0.738. The molecular formula is C11H18N2O3S. The smallest absolute Gasteiger partial charge is 0.212 e. The van der Waals surface area contributed by atoms with E-state index in [1.54, 1.807) is 25.3 Å². The van der Waals surface area contributed by atoms with Crippen LogP contribution < -0.4 is 4.72 Å². The lowest BCUT2D eigenvalue weighted by molar-refractivity contribution is 0.275. The monoisotopic (exact) mass is 258 g/mol. The molecular weight excluding hydrogens is 240 g/mol. The van der Waals surface area contributed by atoms with Crippen LogP contribution in [-0.2, 0) is 16.4 Å². The Bertz CT molecular complexity index is 420. The number of pyridine rings is 1. The molecule has 96 valence electrons. The third kappa shape index (κ3) is 5.76. The van der Waals surface area contributed by atoms with Gasteiger partial charge in [0.2, 0.25) is 10.0 Å². The number of sulfonamides is 1. The van der Waals surface area contributed by atoms with Crippen LogP contribution in [0.1, 0.15) is 19.0 Å². The van der Waals surface area contributed by atoms with Crippen molar-refractivity contribution in [2.24, 2.45) is 0 Å². The molecule has 17 heavy (non-hydrogen) atoms. The summed E-state index contributed by atoms with van der Waals surface area (Å²) in [5.74, 6) is 0.0137. The van der Waals surface area contributed by atoms with Crippen LogP contribution in [0.3, 0.4) is 0 Å². The lowest BCUT2D eigenvalue weighted by Crippen LogP contribution is -2.35. The third-order valence-electron chi connectivity index (χ3n) is 2.30. The molecule has 1 atom stereocenters. The van der Waals surface area contributed by atoms with Gasteiger partial charge in [0.1, 0.15) is 0 Å². The van der Waals surface area contributed by atoms with Crippen molar-refractivity contribution in [3.63, 3.8) is 0 Å². The zero-order valence-electron chi connectivity index (χ0n) is 9.83. The van der Waals surface area contributed by atoms with E-state index in [9.17, 15) is 8.42 Å². The van der Waals surface area contributed by atoms with Crippen LogP contribution in [0.5, 0.6) is 0 Å². The molecule has 1 rings (SSSR count). The van der Waals surface area contributed by atoms with Crippen molar-refractivity contribution in [1.29, 1.82) is 0 Å². The summed E-state index contributed by atoms with van der Waals surface area (Å²) in [6, 6.07) is 5.18. The van der Waals surface area contributed by atoms with E-state index in [0.717, 1.165) is 5.69 Å². The summed E-state index contributed by atoms with van der Waals surface area (Å²) in [6.07, 6.45) is 2.45. The van der Waals surface area contributed by atoms with E-state index >= 15 is 0 Å². The maximum Gasteiger partial charge on any atom is 0.212 e. The van der Waals surface area contributed by atoms with Crippen LogP contribution in [-0.4, -0.2) is 36.9 Å². The number of aliphatic hydroxyl groups excluding tert-OH is 1. The average Bonchev–Trinajstić information content (AvgIpc) is 2.27. The van der Waals surface area contributed by atoms with Gasteiger partial charge in [0.25, 0.3) is 0 Å². The van der Waals surface area contributed by atoms with Gasteiger partial charge in [-0.1, -0.05) is 6.07 Å². The van der Waals surface area contributed by atoms with Crippen LogP contribution in [0, 0.1) is 0 Å². The van der Waals surface area contributed by atoms with Crippen molar-refractivity contribution in [1.82, 2.24) is 9.71 Å². The van der Waals surface area contributed by atoms with E-state index < -0.39 is 10.0 Å². The number of aromatic nitrogens is 1. The number of aryl methyl sites for hydroxylation is 1. The van der Waals surface area contributed by atoms with Gasteiger partial charge in [-0.15, -0.1) is 0 Å². The number of nitrogens with zero attached hydrogens (tertiary/aromatic N) is 1. The summed E-state index contributed by atoms with van der Waals surface area (Å²) >= 11 is 0. The van der Waals surface area contributed by atoms with Gasteiger partial charge in [0, 0.05) is 31.0 Å². The molecule has 6 heteroatoms. The molecule has 0 bridgehead atoms. The minimum atomic E-state index is -3.30. The van der Waals surface area contributed by atoms with Gasteiger partial charge in [0.05, 0.1) is 5.75 Å². The molecule has 0 amide bonds. The molecule has 0 spiro atoms. The first-order valence-electron chi connectivity index (χ1n) is 5.54. The van der Waals surface area contributed by atoms with Crippen LogP contribution in [0.4, 0.5) is 0 Å². The fraction of sp³-hybridized carbons (Fsp3) is 0.545. The lowest BCUT2D eigenvalue weighted by Gasteiger charge is -2.12. The van der Waals surface area contributed by atoms with Crippen molar-refractivity contribution in [3.05, 3.63) is 30.1 Å². The van der Waals surface area contributed by atoms with Crippen molar-refractivity contribution in [2.75, 3.05) is 12.4 Å². The molecule has 1 aromatic heterocycles. The molecule has 0 radical (unpaired) electrons. The largest absolute Gasteiger partial charge is 0.396 e. The Morgan fingerprint density at radius 3 is 2.82 bits per heavy atom. The Hall–Kier alpha value is -0.980. The van der Waals surface area contributed by atoms with Crippen LogP contribution in [0.2, 0.25) is 0 Å². The Balaban J connectivity index is 2.45. The predicted octanol–water partition coefficient (Wildman–Crippen LogP) is 0.314. The molecule has 5 nitrogen and oxygen atoms in total. The van der Waals surface area contributed by atoms with Crippen LogP contribution >= 0.6 is 0 Å². The first kappa shape index (κ1) is 14.1. The summed E-state index contributed by atoms with van der Waals surface area (Å²) in [6.45, 7) is 1.71. The third-order valence-corrected chi connectivity index (χ3v) is 3.80. The zero-order chi connectivity index (χ0) is 12.7. The minimum Gasteiger partial charge on any atom is -0.396 e. The second kappa shape index (κ2) is 6.68. The first-order chi connectivity index (χ1) is 8.03. The first-order valence-corrected chi connectivity index (χ1v) is 7.19. The topological polar surface area (TPSA) is 79.3 Å². The molecule has 0 fully saturated rings. The van der Waals surface area contributed by atoms with Gasteiger partial charge in [-0.2, -0.15) is 0 Å². The number of hydrogen-bond donors (Lipinski definition) is 2. The zero-order valence-corrected chi connectivity index (χ0v) is 10.7. The van der Waals surface area contributed by atoms with E-state index in [4.69, 9.17) is 5.11 Å². The molecule has 0 aliphatic heterocycles. The highest BCUT2D eigenvalue weighted by Gasteiger charge is 2.14. The van der Waals surface area contributed by atoms with Gasteiger partial charge >= 0.3 is 0 Å². The lowest BCUT2D eigenvalue weighted by atomic mass is 10.3. The minimum absolute atomic E-state index is 0.0137. The van der Waals surface area contributed by atoms with E-state index in [1.165, 1.54) is 0 Å². The Morgan fingerprint density at radius 2 is 2.24 bits per heavy atom. The summed E-state index contributed by atoms with van der Waals surface area (Å²) in [5.41, 5.74) is 0.757. The van der Waals surface area contributed by atoms with Crippen molar-refractivity contribution in [2.45, 2.75) is 25.8 Å². The van der Waals surface area contributed by atoms with E-state index in [1.807, 2.05) is 6.07 Å². The Morgan fingerprint density at radius 1 is 1.47 bits per heavy atom. The molecule has 0 saturated heterocycles. The Labute approximate surface area is 102 Å². The highest BCUT2D eigenvalue weighted by Crippen LogP contribution is 1.99. The normalized spacial score (nSPS) is 13.5. The SMILES string of the molecule is CC(CCO)NS(=O)(=O)CCc1ccccn1. The number of rotatable bonds is 7. The van der Waals surface area contributed by atoms with Crippen LogP contribution in [0.25, 0.3) is 0 Å². The molecule has 0 aliphatic carbocycles. The standard InChI is InChI=1S/C11H18N2O3S/c1-10(5-8-14)13-17(15,16)9-6-11-4-2-3-7-12-11/h2-4,7,10,13-14H,5-6,8-9H2,1H3. The summed E-state index contributed by atoms with van der Waals surface area (Å²) in [5, 5.41) is 8.70. The molecule has 1 aromatic rings. The second-order valence-corrected chi connectivity index (χ2v) is 5.79. The number of nitrogens with one attached hydrogen (secondary N) is 1. The number of hydrogen-bond acceptors (Lipinski definition) is 4. The van der Waals surface area contributed by atoms with Crippen molar-refractivity contribution >= 4 is 10.0 Å². The van der Waals surface area contributed by atoms with Gasteiger partial charge in [-0.25, -0.2) is 13.1 Å².